The van der Waals surface area contributed by atoms with Crippen molar-refractivity contribution in [3.8, 4) is 11.5 Å². The number of hydrogen-bond donors (Lipinski definition) is 7. The maximum atomic E-state index is 10.6. The first-order valence-electron chi connectivity index (χ1n) is 29.5. The largest absolute Gasteiger partial charge is 0.543 e. The summed E-state index contributed by atoms with van der Waals surface area (Å²) in [6.45, 7) is 23.1. The van der Waals surface area contributed by atoms with Crippen LogP contribution in [0.2, 0.25) is 18.1 Å². The number of carboxylic acid groups (broad SMARTS) is 7. The lowest BCUT2D eigenvalue weighted by atomic mass is 10.0. The van der Waals surface area contributed by atoms with Crippen LogP contribution in [-0.4, -0.2) is 93.0 Å². The second-order valence-electron chi connectivity index (χ2n) is 21.7. The molecule has 7 aromatic carbocycles. The summed E-state index contributed by atoms with van der Waals surface area (Å²) in [5.74, 6) is -4.76. The molecule has 0 saturated carbocycles. The minimum Gasteiger partial charge on any atom is -0.543 e. The van der Waals surface area contributed by atoms with Gasteiger partial charge in [-0.2, -0.15) is 0 Å². The van der Waals surface area contributed by atoms with Gasteiger partial charge in [0.05, 0.1) is 12.7 Å². The monoisotopic (exact) mass is 1290 g/mol. The Morgan fingerprint density at radius 1 is 0.441 bits per heavy atom. The van der Waals surface area contributed by atoms with Gasteiger partial charge >= 0.3 is 41.8 Å². The molecule has 7 aromatic rings. The Hall–Kier alpha value is -10.7. The van der Waals surface area contributed by atoms with Crippen LogP contribution < -0.4 is 9.16 Å². The molecule has 0 aromatic heterocycles. The van der Waals surface area contributed by atoms with Gasteiger partial charge in [-0.05, 0) is 146 Å². The molecule has 0 aliphatic heterocycles. The normalized spacial score (nSPS) is 10.5. The summed E-state index contributed by atoms with van der Waals surface area (Å²) in [5, 5.41) is 59.1. The van der Waals surface area contributed by atoms with E-state index in [1.54, 1.807) is 67.8 Å². The highest BCUT2D eigenvalue weighted by atomic mass is 28.4. The zero-order valence-electron chi connectivity index (χ0n) is 55.1. The van der Waals surface area contributed by atoms with Gasteiger partial charge in [-0.15, -0.1) is 0 Å². The Bertz CT molecular complexity index is 3520. The lowest BCUT2D eigenvalue weighted by Crippen LogP contribution is -2.44. The third-order valence-electron chi connectivity index (χ3n) is 12.9. The predicted molar refractivity (Wildman–Crippen MR) is 375 cm³/mol. The summed E-state index contributed by atoms with van der Waals surface area (Å²) >= 11 is 0. The van der Waals surface area contributed by atoms with E-state index in [4.69, 9.17) is 44.9 Å². The predicted octanol–water partition coefficient (Wildman–Crippen LogP) is 17.4. The number of carbonyl (C=O) groups is 7. The third-order valence-corrected chi connectivity index (χ3v) is 17.3. The molecule has 17 heteroatoms. The van der Waals surface area contributed by atoms with Crippen molar-refractivity contribution in [1.29, 1.82) is 0 Å². The van der Waals surface area contributed by atoms with Crippen LogP contribution in [0.15, 0.2) is 206 Å². The van der Waals surface area contributed by atoms with E-state index in [-0.39, 0.29) is 11.5 Å². The molecule has 93 heavy (non-hydrogen) atoms. The van der Waals surface area contributed by atoms with E-state index in [2.05, 4.69) is 47.7 Å². The van der Waals surface area contributed by atoms with E-state index in [0.717, 1.165) is 92.0 Å². The average Bonchev–Trinajstić information content (AvgIpc) is 0.953. The van der Waals surface area contributed by atoms with Crippen LogP contribution in [0, 0.1) is 27.7 Å². The highest BCUT2D eigenvalue weighted by molar-refractivity contribution is 6.74. The summed E-state index contributed by atoms with van der Waals surface area (Å²) in [6.07, 6.45) is 16.9. The van der Waals surface area contributed by atoms with Gasteiger partial charge in [0, 0.05) is 42.4 Å². The zero-order valence-corrected chi connectivity index (χ0v) is 56.1. The Morgan fingerprint density at radius 2 is 0.860 bits per heavy atom. The van der Waals surface area contributed by atoms with Crippen molar-refractivity contribution >= 4 is 80.5 Å². The van der Waals surface area contributed by atoms with Gasteiger partial charge in [0.1, 0.15) is 11.5 Å². The second kappa shape index (κ2) is 46.4. The lowest BCUT2D eigenvalue weighted by Gasteiger charge is -2.36. The fourth-order valence-corrected chi connectivity index (χ4v) is 7.67. The number of hydrogen-bond acceptors (Lipinski definition) is 9. The zero-order chi connectivity index (χ0) is 70.4. The lowest BCUT2D eigenvalue weighted by molar-refractivity contribution is -0.137. The van der Waals surface area contributed by atoms with Crippen molar-refractivity contribution in [3.63, 3.8) is 0 Å². The molecule has 0 saturated heterocycles. The van der Waals surface area contributed by atoms with E-state index >= 15 is 0 Å². The Balaban J connectivity index is 0.00000106. The third kappa shape index (κ3) is 41.3. The number of aliphatic carboxylic acids is 6. The van der Waals surface area contributed by atoms with Crippen molar-refractivity contribution in [3.05, 3.63) is 268 Å². The first kappa shape index (κ1) is 82.3. The number of aryl methyl sites for hydroxylation is 4. The Labute approximate surface area is 548 Å². The van der Waals surface area contributed by atoms with Crippen LogP contribution in [0.25, 0.3) is 30.4 Å². The standard InChI is InChI=1S/C15H22O3Si.C12H14O3.2C10H10O2.C9H10O2.C9H8O2.C7H6O2.C4H10/c1-15(2,3)19(4,5)18-13-9-7-6-8-12(13)10-11-14(16)17;1-8-6-10(4-5-12(13)14)7-11(15-3)9(8)2;1-8-2-4-9(5-3-8)6-7-10(11)12;1-8-3-2-4-9(7-8)5-6-10(11)12;2*10-9(11)7-6-8-4-2-1-3-5-8;8-7(9)6-4-2-1-3-5-6;1-3-4-2/h6-11H,1-5H3,(H,16,17);4-7H,1-3H3,(H,13,14);2*2-7H,1H3,(H,11,12);1-5H,6-7H2,(H,10,11);1-7H,(H,10,11);1-5H,(H,8,9);3-4H2,1-2H3/b11-10+;5-4+;7-6+;6-5+;;7-6+;;. The molecule has 0 heterocycles. The molecule has 16 nitrogen and oxygen atoms in total. The van der Waals surface area contributed by atoms with Crippen LogP contribution in [0.3, 0.4) is 0 Å². The van der Waals surface area contributed by atoms with Gasteiger partial charge in [0.15, 0.2) is 0 Å². The van der Waals surface area contributed by atoms with E-state index in [9.17, 15) is 33.6 Å². The van der Waals surface area contributed by atoms with E-state index in [0.29, 0.717) is 12.0 Å². The van der Waals surface area contributed by atoms with E-state index < -0.39 is 50.1 Å². The molecular weight excluding hydrogens is 1200 g/mol. The summed E-state index contributed by atoms with van der Waals surface area (Å²) in [5.41, 5.74) is 10.2. The van der Waals surface area contributed by atoms with Crippen molar-refractivity contribution in [2.45, 2.75) is 106 Å². The van der Waals surface area contributed by atoms with Crippen molar-refractivity contribution in [1.82, 2.24) is 0 Å². The number of benzene rings is 7. The van der Waals surface area contributed by atoms with E-state index in [1.807, 2.05) is 173 Å². The van der Waals surface area contributed by atoms with Crippen LogP contribution in [0.5, 0.6) is 11.5 Å². The van der Waals surface area contributed by atoms with Gasteiger partial charge in [-0.25, -0.2) is 28.8 Å². The molecule has 0 spiro atoms. The summed E-state index contributed by atoms with van der Waals surface area (Å²) in [7, 11) is -0.311. The van der Waals surface area contributed by atoms with E-state index in [1.165, 1.54) is 18.4 Å². The van der Waals surface area contributed by atoms with Gasteiger partial charge in [0.25, 0.3) is 8.32 Å². The second-order valence-corrected chi connectivity index (χ2v) is 26.4. The summed E-state index contributed by atoms with van der Waals surface area (Å²) in [6, 6.07) is 53.8. The van der Waals surface area contributed by atoms with Crippen LogP contribution in [0.4, 0.5) is 0 Å². The topological polar surface area (TPSA) is 280 Å². The quantitative estimate of drug-likeness (QED) is 0.0311. The first-order chi connectivity index (χ1) is 43.8. The number of carboxylic acids is 7. The van der Waals surface area contributed by atoms with Gasteiger partial charge < -0.3 is 44.9 Å². The molecule has 0 aliphatic carbocycles. The number of unbranched alkanes of at least 4 members (excludes halogenated alkanes) is 1. The molecule has 0 radical (unpaired) electrons. The minimum atomic E-state index is -1.91. The average molecular weight is 1290 g/mol. The summed E-state index contributed by atoms with van der Waals surface area (Å²) in [4.78, 5) is 71.8. The number of para-hydroxylation sites is 1. The number of ether oxygens (including phenoxy) is 1. The highest BCUT2D eigenvalue weighted by Gasteiger charge is 2.39. The smallest absolute Gasteiger partial charge is 0.335 e. The molecule has 0 amide bonds. The van der Waals surface area contributed by atoms with Crippen molar-refractivity contribution < 1.29 is 78.5 Å². The van der Waals surface area contributed by atoms with Gasteiger partial charge in [-0.3, -0.25) is 4.79 Å². The maximum absolute atomic E-state index is 10.6. The Morgan fingerprint density at radius 3 is 1.29 bits per heavy atom. The maximum Gasteiger partial charge on any atom is 0.335 e. The van der Waals surface area contributed by atoms with Crippen LogP contribution >= 0.6 is 0 Å². The first-order valence-corrected chi connectivity index (χ1v) is 32.5. The molecule has 7 N–H and O–H groups in total. The molecule has 0 bridgehead atoms. The highest BCUT2D eigenvalue weighted by Crippen LogP contribution is 2.38. The molecular formula is C76H90O16Si. The van der Waals surface area contributed by atoms with Gasteiger partial charge in [0.2, 0.25) is 0 Å². The Kier molecular flexibility index (Phi) is 41.1. The van der Waals surface area contributed by atoms with Crippen molar-refractivity contribution in [2.75, 3.05) is 7.11 Å². The minimum absolute atomic E-state index is 0.108. The summed E-state index contributed by atoms with van der Waals surface area (Å²) < 4.78 is 11.4. The molecule has 0 aliphatic rings. The fraction of sp³-hybridized carbons (Fsp3) is 0.224. The van der Waals surface area contributed by atoms with Crippen molar-refractivity contribution in [2.24, 2.45) is 0 Å². The number of methoxy groups -OCH3 is 1. The van der Waals surface area contributed by atoms with Gasteiger partial charge in [-0.1, -0.05) is 210 Å². The SMILES string of the molecule is CC(C)(C)[Si](C)(C)Oc1ccccc1/C=C/C(=O)O.CCCC.COc1cc(/C=C/C(=O)O)cc(C)c1C.Cc1ccc(/C=C/C(=O)O)cc1.Cc1cccc(/C=C/C(=O)O)c1.O=C(O)/C=C/c1ccccc1.O=C(O)CCc1ccccc1.O=C(O)c1ccccc1. The molecule has 494 valence electrons. The van der Waals surface area contributed by atoms with Crippen LogP contribution in [0.1, 0.15) is 120 Å². The molecule has 0 atom stereocenters. The molecule has 7 rings (SSSR count). The number of rotatable bonds is 18. The van der Waals surface area contributed by atoms with Crippen LogP contribution in [-0.2, 0) is 35.2 Å². The molecule has 0 unspecified atom stereocenters. The molecule has 0 fully saturated rings. The fourth-order valence-electron chi connectivity index (χ4n) is 6.62. The number of aromatic carboxylic acids is 1.